The summed E-state index contributed by atoms with van der Waals surface area (Å²) in [5.74, 6) is 0. The highest BCUT2D eigenvalue weighted by atomic mass is 79.9. The summed E-state index contributed by atoms with van der Waals surface area (Å²) in [6, 6.07) is 0. The van der Waals surface area contributed by atoms with Gasteiger partial charge in [-0.25, -0.2) is 0 Å². The zero-order valence-electron chi connectivity index (χ0n) is 5.46. The second kappa shape index (κ2) is 3.27. The summed E-state index contributed by atoms with van der Waals surface area (Å²) in [7, 11) is -4.78. The molecule has 0 amide bonds. The van der Waals surface area contributed by atoms with Crippen molar-refractivity contribution in [3.63, 3.8) is 0 Å². The van der Waals surface area contributed by atoms with Crippen LogP contribution >= 0.6 is 27.5 Å². The molecule has 0 N–H and O–H groups in total. The van der Waals surface area contributed by atoms with Gasteiger partial charge < -0.3 is 0 Å². The quantitative estimate of drug-likeness (QED) is 0.737. The van der Waals surface area contributed by atoms with Crippen molar-refractivity contribution in [2.24, 2.45) is 0 Å². The first-order chi connectivity index (χ1) is 5.43. The molecule has 0 radical (unpaired) electrons. The van der Waals surface area contributed by atoms with E-state index in [1.165, 1.54) is 0 Å². The maximum absolute atomic E-state index is 12.5. The average molecular weight is 274 g/mol. The number of hydrogen-bond donors (Lipinski definition) is 0. The molecule has 12 heavy (non-hydrogen) atoms. The van der Waals surface area contributed by atoms with E-state index >= 15 is 0 Å². The number of halogens is 3. The second-order valence-corrected chi connectivity index (χ2v) is 4.42. The molecular weight excluding hydrogens is 272 g/mol. The predicted octanol–water partition coefficient (Wildman–Crippen LogP) is 2.16. The first kappa shape index (κ1) is 9.88. The van der Waals surface area contributed by atoms with E-state index in [-0.39, 0.29) is 9.50 Å². The van der Waals surface area contributed by atoms with Crippen LogP contribution in [0, 0.1) is 0 Å². The Labute approximate surface area is 81.9 Å². The fourth-order valence-electron chi connectivity index (χ4n) is 0.632. The summed E-state index contributed by atoms with van der Waals surface area (Å²) in [5.41, 5.74) is 0. The van der Waals surface area contributed by atoms with Crippen molar-refractivity contribution in [2.45, 2.75) is 4.90 Å². The number of hydrogen-bond acceptors (Lipinski definition) is 3. The van der Waals surface area contributed by atoms with Crippen LogP contribution in [0.1, 0.15) is 0 Å². The Kier molecular flexibility index (Phi) is 2.70. The van der Waals surface area contributed by atoms with E-state index in [0.717, 1.165) is 12.4 Å². The van der Waals surface area contributed by atoms with Crippen LogP contribution in [0.5, 0.6) is 0 Å². The van der Waals surface area contributed by atoms with Crippen molar-refractivity contribution < 1.29 is 12.3 Å². The Morgan fingerprint density at radius 3 is 2.42 bits per heavy atom. The van der Waals surface area contributed by atoms with Crippen molar-refractivity contribution in [3.8, 4) is 0 Å². The van der Waals surface area contributed by atoms with Crippen molar-refractivity contribution in [2.75, 3.05) is 0 Å². The van der Waals surface area contributed by atoms with Crippen molar-refractivity contribution in [3.05, 3.63) is 21.9 Å². The molecule has 0 aliphatic heterocycles. The normalized spacial score (nSPS) is 11.6. The highest BCUT2D eigenvalue weighted by molar-refractivity contribution is 9.10. The van der Waals surface area contributed by atoms with Crippen LogP contribution in [0.2, 0.25) is 5.02 Å². The third-order valence-corrected chi connectivity index (χ3v) is 3.24. The minimum Gasteiger partial charge on any atom is -0.262 e. The van der Waals surface area contributed by atoms with E-state index < -0.39 is 15.1 Å². The van der Waals surface area contributed by atoms with Gasteiger partial charge in [0.2, 0.25) is 0 Å². The minimum absolute atomic E-state index is 0.0116. The fourth-order valence-corrected chi connectivity index (χ4v) is 2.66. The lowest BCUT2D eigenvalue weighted by molar-refractivity contribution is 0.551. The van der Waals surface area contributed by atoms with Crippen LogP contribution in [-0.4, -0.2) is 13.4 Å². The van der Waals surface area contributed by atoms with E-state index in [2.05, 4.69) is 20.9 Å². The molecule has 0 atom stereocenters. The molecule has 3 nitrogen and oxygen atoms in total. The van der Waals surface area contributed by atoms with Crippen molar-refractivity contribution in [1.82, 2.24) is 4.98 Å². The van der Waals surface area contributed by atoms with Crippen molar-refractivity contribution in [1.29, 1.82) is 0 Å². The monoisotopic (exact) mass is 273 g/mol. The predicted molar refractivity (Wildman–Crippen MR) is 45.2 cm³/mol. The molecule has 0 unspecified atom stereocenters. The van der Waals surface area contributed by atoms with Gasteiger partial charge in [-0.1, -0.05) is 11.6 Å². The van der Waals surface area contributed by atoms with Crippen LogP contribution in [0.4, 0.5) is 3.89 Å². The van der Waals surface area contributed by atoms with E-state index in [4.69, 9.17) is 11.6 Å². The Balaban J connectivity index is 3.53. The van der Waals surface area contributed by atoms with Crippen LogP contribution in [0.25, 0.3) is 0 Å². The molecule has 0 aliphatic carbocycles. The second-order valence-electron chi connectivity index (χ2n) is 1.87. The highest BCUT2D eigenvalue weighted by Gasteiger charge is 2.20. The molecule has 0 fully saturated rings. The van der Waals surface area contributed by atoms with Gasteiger partial charge in [0.15, 0.2) is 0 Å². The molecule has 0 saturated heterocycles. The van der Waals surface area contributed by atoms with Crippen LogP contribution in [-0.2, 0) is 10.2 Å². The molecule has 7 heteroatoms. The Hall–Kier alpha value is -0.200. The SMILES string of the molecule is O=S(=O)(F)c1c(Cl)cncc1Br. The number of aromatic nitrogens is 1. The number of rotatable bonds is 1. The average Bonchev–Trinajstić information content (AvgIpc) is 1.82. The third kappa shape index (κ3) is 1.94. The van der Waals surface area contributed by atoms with Gasteiger partial charge in [-0.15, -0.1) is 3.89 Å². The highest BCUT2D eigenvalue weighted by Crippen LogP contribution is 2.29. The molecule has 1 heterocycles. The molecule has 0 aliphatic rings. The Bertz CT molecular complexity index is 388. The molecule has 1 rings (SSSR count). The third-order valence-electron chi connectivity index (χ3n) is 1.05. The van der Waals surface area contributed by atoms with Gasteiger partial charge >= 0.3 is 10.2 Å². The van der Waals surface area contributed by atoms with Gasteiger partial charge in [0.25, 0.3) is 0 Å². The van der Waals surface area contributed by atoms with Gasteiger partial charge in [0.05, 0.1) is 9.50 Å². The van der Waals surface area contributed by atoms with Gasteiger partial charge in [-0.3, -0.25) is 4.98 Å². The first-order valence-electron chi connectivity index (χ1n) is 2.66. The van der Waals surface area contributed by atoms with Crippen LogP contribution in [0.15, 0.2) is 21.8 Å². The maximum Gasteiger partial charge on any atom is 0.334 e. The largest absolute Gasteiger partial charge is 0.334 e. The lowest BCUT2D eigenvalue weighted by Crippen LogP contribution is -1.95. The van der Waals surface area contributed by atoms with E-state index in [1.807, 2.05) is 0 Å². The molecule has 66 valence electrons. The zero-order chi connectivity index (χ0) is 9.35. The van der Waals surface area contributed by atoms with E-state index in [1.54, 1.807) is 0 Å². The summed E-state index contributed by atoms with van der Waals surface area (Å²) in [6.07, 6.45) is 2.21. The zero-order valence-corrected chi connectivity index (χ0v) is 8.62. The molecule has 0 saturated carbocycles. The smallest absolute Gasteiger partial charge is 0.262 e. The lowest BCUT2D eigenvalue weighted by atomic mass is 10.5. The molecule has 1 aromatic heterocycles. The summed E-state index contributed by atoms with van der Waals surface area (Å²) in [6.45, 7) is 0. The van der Waals surface area contributed by atoms with Gasteiger partial charge in [-0.2, -0.15) is 8.42 Å². The Morgan fingerprint density at radius 2 is 2.08 bits per heavy atom. The maximum atomic E-state index is 12.5. The van der Waals surface area contributed by atoms with Gasteiger partial charge in [0, 0.05) is 12.4 Å². The Morgan fingerprint density at radius 1 is 1.50 bits per heavy atom. The first-order valence-corrected chi connectivity index (χ1v) is 5.22. The summed E-state index contributed by atoms with van der Waals surface area (Å²) < 4.78 is 33.4. The molecule has 0 aromatic carbocycles. The van der Waals surface area contributed by atoms with E-state index in [0.29, 0.717) is 0 Å². The standard InChI is InChI=1S/C5H2BrClFNO2S/c6-3-1-9-2-4(7)5(3)12(8,10)11/h1-2H. The number of pyridine rings is 1. The molecule has 0 spiro atoms. The molecule has 0 bridgehead atoms. The molecule has 1 aromatic rings. The number of nitrogens with zero attached hydrogens (tertiary/aromatic N) is 1. The topological polar surface area (TPSA) is 47.0 Å². The lowest BCUT2D eigenvalue weighted by Gasteiger charge is -1.99. The van der Waals surface area contributed by atoms with Gasteiger partial charge in [-0.05, 0) is 15.9 Å². The summed E-state index contributed by atoms with van der Waals surface area (Å²) in [4.78, 5) is 2.96. The van der Waals surface area contributed by atoms with Crippen molar-refractivity contribution >= 4 is 37.8 Å². The minimum atomic E-state index is -4.78. The fraction of sp³-hybridized carbons (Fsp3) is 0. The van der Waals surface area contributed by atoms with E-state index in [9.17, 15) is 12.3 Å². The van der Waals surface area contributed by atoms with Crippen LogP contribution in [0.3, 0.4) is 0 Å². The molecular formula is C5H2BrClFNO2S. The summed E-state index contributed by atoms with van der Waals surface area (Å²) >= 11 is 8.22. The van der Waals surface area contributed by atoms with Gasteiger partial charge in [0.1, 0.15) is 4.90 Å². The van der Waals surface area contributed by atoms with Crippen LogP contribution < -0.4 is 0 Å². The summed E-state index contributed by atoms with van der Waals surface area (Å²) in [5, 5.41) is -0.244.